The molecule has 0 aliphatic carbocycles. The smallest absolute Gasteiger partial charge is 0.106 e. The summed E-state index contributed by atoms with van der Waals surface area (Å²) in [6, 6.07) is 2.28. The van der Waals surface area contributed by atoms with Gasteiger partial charge in [0.05, 0.1) is 11.9 Å². The summed E-state index contributed by atoms with van der Waals surface area (Å²) in [5, 5.41) is 0. The fourth-order valence-electron chi connectivity index (χ4n) is 1.47. The van der Waals surface area contributed by atoms with Crippen LogP contribution in [0.2, 0.25) is 0 Å². The van der Waals surface area contributed by atoms with Crippen molar-refractivity contribution in [1.29, 1.82) is 0 Å². The molecule has 0 spiro atoms. The van der Waals surface area contributed by atoms with Crippen LogP contribution in [0.5, 0.6) is 0 Å². The Morgan fingerprint density at radius 3 is 2.94 bits per heavy atom. The highest BCUT2D eigenvalue weighted by atomic mass is 32.2. The lowest BCUT2D eigenvalue weighted by Gasteiger charge is -2.27. The molecule has 1 atom stereocenters. The summed E-state index contributed by atoms with van der Waals surface area (Å²) in [5.41, 5.74) is 7.58. The van der Waals surface area contributed by atoms with E-state index in [4.69, 9.17) is 18.0 Å². The quantitative estimate of drug-likeness (QED) is 0.814. The Morgan fingerprint density at radius 2 is 2.38 bits per heavy atom. The van der Waals surface area contributed by atoms with Crippen molar-refractivity contribution in [2.24, 2.45) is 5.73 Å². The molecule has 0 saturated carbocycles. The van der Waals surface area contributed by atoms with E-state index in [-0.39, 0.29) is 0 Å². The van der Waals surface area contributed by atoms with Gasteiger partial charge < -0.3 is 10.6 Å². The zero-order valence-corrected chi connectivity index (χ0v) is 11.4. The Hall–Kier alpha value is -0.810. The maximum atomic E-state index is 5.70. The van der Waals surface area contributed by atoms with Gasteiger partial charge >= 0.3 is 0 Å². The van der Waals surface area contributed by atoms with Gasteiger partial charge in [-0.15, -0.1) is 0 Å². The number of pyridine rings is 1. The van der Waals surface area contributed by atoms with Crippen LogP contribution in [0.15, 0.2) is 18.5 Å². The molecule has 0 aliphatic heterocycles. The second-order valence-corrected chi connectivity index (χ2v) is 5.02. The molecule has 1 rings (SSSR count). The number of aromatic nitrogens is 1. The van der Waals surface area contributed by atoms with Crippen LogP contribution >= 0.6 is 24.0 Å². The highest BCUT2D eigenvalue weighted by Gasteiger charge is 2.14. The van der Waals surface area contributed by atoms with Crippen LogP contribution in [-0.4, -0.2) is 35.1 Å². The van der Waals surface area contributed by atoms with Crippen molar-refractivity contribution in [2.45, 2.75) is 13.0 Å². The summed E-state index contributed by atoms with van der Waals surface area (Å²) in [4.78, 5) is 6.71. The minimum Gasteiger partial charge on any atom is -0.389 e. The van der Waals surface area contributed by atoms with E-state index < -0.39 is 0 Å². The third-order valence-corrected chi connectivity index (χ3v) is 3.55. The summed E-state index contributed by atoms with van der Waals surface area (Å²) in [6.07, 6.45) is 5.62. The average Bonchev–Trinajstić information content (AvgIpc) is 2.28. The largest absolute Gasteiger partial charge is 0.389 e. The van der Waals surface area contributed by atoms with Gasteiger partial charge in [0.1, 0.15) is 4.99 Å². The van der Waals surface area contributed by atoms with Gasteiger partial charge in [0, 0.05) is 30.6 Å². The summed E-state index contributed by atoms with van der Waals surface area (Å²) < 4.78 is 0. The van der Waals surface area contributed by atoms with Gasteiger partial charge in [-0.1, -0.05) is 12.2 Å². The lowest BCUT2D eigenvalue weighted by molar-refractivity contribution is 0.763. The van der Waals surface area contributed by atoms with Crippen molar-refractivity contribution >= 4 is 34.7 Å². The van der Waals surface area contributed by atoms with E-state index in [0.29, 0.717) is 11.0 Å². The third-order valence-electron chi connectivity index (χ3n) is 2.51. The first-order valence-corrected chi connectivity index (χ1v) is 6.83. The van der Waals surface area contributed by atoms with E-state index in [9.17, 15) is 0 Å². The fraction of sp³-hybridized carbons (Fsp3) is 0.455. The summed E-state index contributed by atoms with van der Waals surface area (Å²) in [6.45, 7) is 2.17. The van der Waals surface area contributed by atoms with E-state index in [1.54, 1.807) is 6.20 Å². The average molecular weight is 255 g/mol. The second-order valence-electron chi connectivity index (χ2n) is 3.67. The zero-order valence-electron chi connectivity index (χ0n) is 9.80. The summed E-state index contributed by atoms with van der Waals surface area (Å²) in [5.74, 6) is 1.06. The van der Waals surface area contributed by atoms with Crippen LogP contribution in [0.3, 0.4) is 0 Å². The molecule has 0 aromatic carbocycles. The molecule has 1 heterocycles. The van der Waals surface area contributed by atoms with E-state index in [1.807, 2.05) is 31.1 Å². The number of nitrogens with two attached hydrogens (primary N) is 1. The molecule has 1 unspecified atom stereocenters. The second kappa shape index (κ2) is 6.06. The first kappa shape index (κ1) is 13.3. The molecule has 16 heavy (non-hydrogen) atoms. The first-order valence-electron chi connectivity index (χ1n) is 5.03. The molecule has 1 aromatic rings. The molecule has 5 heteroatoms. The van der Waals surface area contributed by atoms with E-state index in [1.165, 1.54) is 0 Å². The number of hydrogen-bond donors (Lipinski definition) is 1. The first-order chi connectivity index (χ1) is 7.57. The number of hydrogen-bond acceptors (Lipinski definition) is 4. The highest BCUT2D eigenvalue weighted by molar-refractivity contribution is 7.98. The maximum Gasteiger partial charge on any atom is 0.106 e. The molecule has 0 radical (unpaired) electrons. The minimum atomic E-state index is 0.417. The lowest BCUT2D eigenvalue weighted by Crippen LogP contribution is -2.32. The molecule has 1 aromatic heterocycles. The monoisotopic (exact) mass is 255 g/mol. The molecule has 2 N–H and O–H groups in total. The molecular weight excluding hydrogens is 238 g/mol. The molecule has 88 valence electrons. The van der Waals surface area contributed by atoms with Crippen molar-refractivity contribution in [2.75, 3.05) is 24.0 Å². The molecule has 0 amide bonds. The minimum absolute atomic E-state index is 0.417. The zero-order chi connectivity index (χ0) is 12.1. The molecular formula is C11H17N3S2. The predicted octanol–water partition coefficient (Wildman–Crippen LogP) is 1.90. The van der Waals surface area contributed by atoms with Crippen molar-refractivity contribution < 1.29 is 0 Å². The Morgan fingerprint density at radius 1 is 1.69 bits per heavy atom. The van der Waals surface area contributed by atoms with Gasteiger partial charge in [-0.2, -0.15) is 11.8 Å². The van der Waals surface area contributed by atoms with E-state index in [2.05, 4.69) is 23.1 Å². The Bertz CT molecular complexity index is 368. The van der Waals surface area contributed by atoms with Crippen LogP contribution in [0.25, 0.3) is 0 Å². The van der Waals surface area contributed by atoms with Crippen LogP contribution in [0, 0.1) is 0 Å². The standard InChI is InChI=1S/C11H17N3S2/c1-8(7-16-3)14(2)10-6-13-5-4-9(10)11(12)15/h4-6,8H,7H2,1-3H3,(H2,12,15). The number of anilines is 1. The van der Waals surface area contributed by atoms with Crippen molar-refractivity contribution in [3.8, 4) is 0 Å². The van der Waals surface area contributed by atoms with Crippen LogP contribution in [-0.2, 0) is 0 Å². The normalized spacial score (nSPS) is 12.2. The lowest BCUT2D eigenvalue weighted by atomic mass is 10.2. The number of nitrogens with zero attached hydrogens (tertiary/aromatic N) is 2. The molecule has 0 aliphatic rings. The van der Waals surface area contributed by atoms with Gasteiger partial charge in [0.25, 0.3) is 0 Å². The predicted molar refractivity (Wildman–Crippen MR) is 76.4 cm³/mol. The summed E-state index contributed by atoms with van der Waals surface area (Å²) in [7, 11) is 2.04. The highest BCUT2D eigenvalue weighted by Crippen LogP contribution is 2.20. The van der Waals surface area contributed by atoms with Crippen molar-refractivity contribution in [3.63, 3.8) is 0 Å². The number of thioether (sulfide) groups is 1. The van der Waals surface area contributed by atoms with E-state index in [0.717, 1.165) is 17.0 Å². The topological polar surface area (TPSA) is 42.2 Å². The van der Waals surface area contributed by atoms with Gasteiger partial charge in [0.2, 0.25) is 0 Å². The third kappa shape index (κ3) is 3.09. The van der Waals surface area contributed by atoms with Gasteiger partial charge in [-0.05, 0) is 19.2 Å². The van der Waals surface area contributed by atoms with Crippen LogP contribution < -0.4 is 10.6 Å². The van der Waals surface area contributed by atoms with Crippen molar-refractivity contribution in [1.82, 2.24) is 4.98 Å². The SMILES string of the molecule is CSCC(C)N(C)c1cnccc1C(N)=S. The van der Waals surface area contributed by atoms with Gasteiger partial charge in [-0.3, -0.25) is 4.98 Å². The summed E-state index contributed by atoms with van der Waals surface area (Å²) >= 11 is 6.86. The number of thiocarbonyl (C=S) groups is 1. The molecule has 0 fully saturated rings. The Labute approximate surface area is 106 Å². The fourth-order valence-corrected chi connectivity index (χ4v) is 2.34. The molecule has 0 saturated heterocycles. The van der Waals surface area contributed by atoms with E-state index >= 15 is 0 Å². The molecule has 3 nitrogen and oxygen atoms in total. The van der Waals surface area contributed by atoms with Gasteiger partial charge in [0.15, 0.2) is 0 Å². The van der Waals surface area contributed by atoms with Crippen LogP contribution in [0.1, 0.15) is 12.5 Å². The Balaban J connectivity index is 2.98. The maximum absolute atomic E-state index is 5.70. The van der Waals surface area contributed by atoms with Crippen LogP contribution in [0.4, 0.5) is 5.69 Å². The molecule has 0 bridgehead atoms. The number of rotatable bonds is 5. The van der Waals surface area contributed by atoms with Crippen molar-refractivity contribution in [3.05, 3.63) is 24.0 Å². The Kier molecular flexibility index (Phi) is 5.02. The van der Waals surface area contributed by atoms with Gasteiger partial charge in [-0.25, -0.2) is 0 Å².